The number of carboxylic acid groups (broad SMARTS) is 1. The van der Waals surface area contributed by atoms with E-state index in [4.69, 9.17) is 19.8 Å². The number of nitriles is 1. The Bertz CT molecular complexity index is 1250. The molecule has 2 amide bonds. The number of carbonyl (C=O) groups is 2. The molecular weight excluding hydrogens is 446 g/mol. The number of methoxy groups -OCH3 is 2. The first kappa shape index (κ1) is 24.9. The Balaban J connectivity index is 2.00. The minimum Gasteiger partial charge on any atom is -0.493 e. The maximum atomic E-state index is 13.3. The molecule has 0 bridgehead atoms. The molecule has 0 radical (unpaired) electrons. The lowest BCUT2D eigenvalue weighted by atomic mass is 10.0. The van der Waals surface area contributed by atoms with Gasteiger partial charge in [0, 0.05) is 18.3 Å². The van der Waals surface area contributed by atoms with Gasteiger partial charge in [-0.1, -0.05) is 30.3 Å². The van der Waals surface area contributed by atoms with Crippen LogP contribution in [0.5, 0.6) is 11.5 Å². The summed E-state index contributed by atoms with van der Waals surface area (Å²) in [5.74, 6) is -0.227. The van der Waals surface area contributed by atoms with Crippen LogP contribution in [0.2, 0.25) is 0 Å². The molecule has 0 aromatic heterocycles. The zero-order valence-corrected chi connectivity index (χ0v) is 19.4. The standard InChI is InChI=1S/C27H25N3O5/c1-34-24-14-21(10-13-26(31)32)22(15-25(24)35-2)18-30(23-11-8-19(16-28)9-12-23)27(33)29-17-20-6-4-3-5-7-20/h3-15H,17-18H2,1-2H3,(H,29,33)(H,31,32). The summed E-state index contributed by atoms with van der Waals surface area (Å²) in [6.07, 6.45) is 2.46. The number of nitrogens with one attached hydrogen (secondary N) is 1. The summed E-state index contributed by atoms with van der Waals surface area (Å²) < 4.78 is 10.8. The van der Waals surface area contributed by atoms with Crippen LogP contribution in [0.25, 0.3) is 6.08 Å². The molecule has 0 aliphatic heterocycles. The number of rotatable bonds is 9. The van der Waals surface area contributed by atoms with E-state index >= 15 is 0 Å². The first-order valence-corrected chi connectivity index (χ1v) is 10.7. The van der Waals surface area contributed by atoms with Crippen LogP contribution in [-0.4, -0.2) is 31.3 Å². The van der Waals surface area contributed by atoms with Gasteiger partial charge in [0.25, 0.3) is 0 Å². The van der Waals surface area contributed by atoms with Crippen molar-refractivity contribution in [1.82, 2.24) is 5.32 Å². The smallest absolute Gasteiger partial charge is 0.328 e. The number of carboxylic acids is 1. The molecule has 8 heteroatoms. The van der Waals surface area contributed by atoms with Crippen molar-refractivity contribution < 1.29 is 24.2 Å². The minimum absolute atomic E-state index is 0.103. The topological polar surface area (TPSA) is 112 Å². The van der Waals surface area contributed by atoms with Crippen molar-refractivity contribution in [2.45, 2.75) is 13.1 Å². The molecule has 0 saturated carbocycles. The first-order valence-electron chi connectivity index (χ1n) is 10.7. The van der Waals surface area contributed by atoms with Crippen LogP contribution in [-0.2, 0) is 17.9 Å². The Hall–Kier alpha value is -4.77. The fourth-order valence-corrected chi connectivity index (χ4v) is 3.43. The van der Waals surface area contributed by atoms with E-state index in [0.29, 0.717) is 40.4 Å². The molecule has 2 N–H and O–H groups in total. The van der Waals surface area contributed by atoms with Crippen LogP contribution < -0.4 is 19.7 Å². The van der Waals surface area contributed by atoms with Gasteiger partial charge in [0.15, 0.2) is 11.5 Å². The SMILES string of the molecule is COc1cc(C=CC(=O)O)c(CN(C(=O)NCc2ccccc2)c2ccc(C#N)cc2)cc1OC. The fraction of sp³-hybridized carbons (Fsp3) is 0.148. The number of carbonyl (C=O) groups excluding carboxylic acids is 1. The third-order valence-corrected chi connectivity index (χ3v) is 5.22. The highest BCUT2D eigenvalue weighted by atomic mass is 16.5. The highest BCUT2D eigenvalue weighted by Crippen LogP contribution is 2.33. The molecule has 0 aliphatic carbocycles. The molecule has 3 aromatic rings. The fourth-order valence-electron chi connectivity index (χ4n) is 3.43. The van der Waals surface area contributed by atoms with Gasteiger partial charge in [-0.05, 0) is 59.2 Å². The maximum absolute atomic E-state index is 13.3. The van der Waals surface area contributed by atoms with Gasteiger partial charge in [0.05, 0.1) is 32.4 Å². The Morgan fingerprint density at radius 2 is 1.69 bits per heavy atom. The number of hydrogen-bond acceptors (Lipinski definition) is 5. The Labute approximate surface area is 203 Å². The van der Waals surface area contributed by atoms with E-state index < -0.39 is 5.97 Å². The molecule has 178 valence electrons. The van der Waals surface area contributed by atoms with Crippen LogP contribution >= 0.6 is 0 Å². The lowest BCUT2D eigenvalue weighted by Gasteiger charge is -2.25. The van der Waals surface area contributed by atoms with Gasteiger partial charge in [-0.2, -0.15) is 5.26 Å². The number of amides is 2. The maximum Gasteiger partial charge on any atom is 0.328 e. The highest BCUT2D eigenvalue weighted by molar-refractivity contribution is 5.92. The highest BCUT2D eigenvalue weighted by Gasteiger charge is 2.19. The molecule has 35 heavy (non-hydrogen) atoms. The Kier molecular flexibility index (Phi) is 8.46. The summed E-state index contributed by atoms with van der Waals surface area (Å²) in [5.41, 5.74) is 3.17. The quantitative estimate of drug-likeness (QED) is 0.442. The number of ether oxygens (including phenoxy) is 2. The van der Waals surface area contributed by atoms with Gasteiger partial charge >= 0.3 is 12.0 Å². The average molecular weight is 472 g/mol. The van der Waals surface area contributed by atoms with E-state index in [9.17, 15) is 9.59 Å². The van der Waals surface area contributed by atoms with E-state index in [-0.39, 0.29) is 12.6 Å². The molecule has 0 unspecified atom stereocenters. The molecule has 0 fully saturated rings. The van der Waals surface area contributed by atoms with E-state index in [0.717, 1.165) is 11.6 Å². The van der Waals surface area contributed by atoms with Crippen molar-refractivity contribution in [1.29, 1.82) is 5.26 Å². The van der Waals surface area contributed by atoms with Crippen LogP contribution in [0, 0.1) is 11.3 Å². The van der Waals surface area contributed by atoms with Crippen LogP contribution in [0.4, 0.5) is 10.5 Å². The number of nitrogens with zero attached hydrogens (tertiary/aromatic N) is 2. The third kappa shape index (κ3) is 6.62. The molecule has 8 nitrogen and oxygen atoms in total. The molecular formula is C27H25N3O5. The van der Waals surface area contributed by atoms with Gasteiger partial charge in [-0.3, -0.25) is 4.90 Å². The normalized spacial score (nSPS) is 10.4. The van der Waals surface area contributed by atoms with Gasteiger partial charge in [0.2, 0.25) is 0 Å². The summed E-state index contributed by atoms with van der Waals surface area (Å²) >= 11 is 0. The largest absolute Gasteiger partial charge is 0.493 e. The van der Waals surface area contributed by atoms with Gasteiger partial charge in [-0.25, -0.2) is 9.59 Å². The number of anilines is 1. The molecule has 3 aromatic carbocycles. The predicted octanol–water partition coefficient (Wildman–Crippen LogP) is 4.59. The molecule has 0 saturated heterocycles. The molecule has 0 heterocycles. The molecule has 0 atom stereocenters. The number of urea groups is 1. The van der Waals surface area contributed by atoms with Crippen molar-refractivity contribution in [3.05, 3.63) is 95.1 Å². The Morgan fingerprint density at radius 3 is 2.29 bits per heavy atom. The lowest BCUT2D eigenvalue weighted by molar-refractivity contribution is -0.131. The summed E-state index contributed by atoms with van der Waals surface area (Å²) in [7, 11) is 2.99. The number of aliphatic carboxylic acids is 1. The van der Waals surface area contributed by atoms with Crippen LogP contribution in [0.3, 0.4) is 0 Å². The summed E-state index contributed by atoms with van der Waals surface area (Å²) in [5, 5.41) is 21.2. The van der Waals surface area contributed by atoms with Crippen molar-refractivity contribution in [3.8, 4) is 17.6 Å². The van der Waals surface area contributed by atoms with Crippen molar-refractivity contribution in [2.24, 2.45) is 0 Å². The lowest BCUT2D eigenvalue weighted by Crippen LogP contribution is -2.39. The molecule has 0 spiro atoms. The second-order valence-electron chi connectivity index (χ2n) is 7.47. The molecule has 3 rings (SSSR count). The van der Waals surface area contributed by atoms with E-state index in [1.54, 1.807) is 36.4 Å². The monoisotopic (exact) mass is 471 g/mol. The zero-order valence-electron chi connectivity index (χ0n) is 19.4. The summed E-state index contributed by atoms with van der Waals surface area (Å²) in [4.78, 5) is 26.0. The van der Waals surface area contributed by atoms with Crippen molar-refractivity contribution >= 4 is 23.8 Å². The first-order chi connectivity index (χ1) is 16.9. The second kappa shape index (κ2) is 11.9. The van der Waals surface area contributed by atoms with E-state index in [1.165, 1.54) is 25.2 Å². The van der Waals surface area contributed by atoms with E-state index in [1.807, 2.05) is 30.3 Å². The third-order valence-electron chi connectivity index (χ3n) is 5.22. The predicted molar refractivity (Wildman–Crippen MR) is 132 cm³/mol. The van der Waals surface area contributed by atoms with Crippen LogP contribution in [0.1, 0.15) is 22.3 Å². The van der Waals surface area contributed by atoms with E-state index in [2.05, 4.69) is 11.4 Å². The van der Waals surface area contributed by atoms with Gasteiger partial charge in [0.1, 0.15) is 0 Å². The van der Waals surface area contributed by atoms with Crippen molar-refractivity contribution in [2.75, 3.05) is 19.1 Å². The summed E-state index contributed by atoms with van der Waals surface area (Å²) in [6, 6.07) is 21.2. The molecule has 0 aliphatic rings. The van der Waals surface area contributed by atoms with Crippen LogP contribution in [0.15, 0.2) is 72.8 Å². The second-order valence-corrected chi connectivity index (χ2v) is 7.47. The zero-order chi connectivity index (χ0) is 25.2. The minimum atomic E-state index is -1.10. The average Bonchev–Trinajstić information content (AvgIpc) is 2.89. The van der Waals surface area contributed by atoms with Gasteiger partial charge < -0.3 is 19.9 Å². The number of benzene rings is 3. The Morgan fingerprint density at radius 1 is 1.03 bits per heavy atom. The number of hydrogen-bond donors (Lipinski definition) is 2. The summed E-state index contributed by atoms with van der Waals surface area (Å²) in [6.45, 7) is 0.427. The van der Waals surface area contributed by atoms with Crippen molar-refractivity contribution in [3.63, 3.8) is 0 Å². The van der Waals surface area contributed by atoms with Gasteiger partial charge in [-0.15, -0.1) is 0 Å².